The number of aromatic amines is 2. The van der Waals surface area contributed by atoms with Gasteiger partial charge in [-0.2, -0.15) is 5.26 Å². The first-order chi connectivity index (χ1) is 22.2. The molecule has 46 heavy (non-hydrogen) atoms. The van der Waals surface area contributed by atoms with E-state index >= 15 is 8.78 Å². The number of ether oxygens (including phenoxy) is 2. The van der Waals surface area contributed by atoms with Crippen molar-refractivity contribution in [1.82, 2.24) is 20.3 Å². The summed E-state index contributed by atoms with van der Waals surface area (Å²) in [5.74, 6) is -0.577. The van der Waals surface area contributed by atoms with Gasteiger partial charge >= 0.3 is 6.09 Å². The molecular weight excluding hydrogens is 703 g/mol. The Bertz CT molecular complexity index is 1930. The lowest BCUT2D eigenvalue weighted by Crippen LogP contribution is -2.24. The van der Waals surface area contributed by atoms with E-state index in [2.05, 4.69) is 68.0 Å². The first-order valence-electron chi connectivity index (χ1n) is 15.1. The molecule has 0 bridgehead atoms. The van der Waals surface area contributed by atoms with Gasteiger partial charge in [0, 0.05) is 62.4 Å². The van der Waals surface area contributed by atoms with Gasteiger partial charge in [-0.25, -0.2) is 18.6 Å². The highest BCUT2D eigenvalue weighted by Crippen LogP contribution is 2.40. The maximum atomic E-state index is 15.5. The zero-order chi connectivity index (χ0) is 32.3. The van der Waals surface area contributed by atoms with Gasteiger partial charge in [-0.05, 0) is 84.3 Å². The molecule has 5 aromatic rings. The number of nitrogens with zero attached hydrogens (tertiary/aromatic N) is 2. The van der Waals surface area contributed by atoms with E-state index in [0.717, 1.165) is 45.9 Å². The quantitative estimate of drug-likeness (QED) is 0.0877. The Morgan fingerprint density at radius 3 is 2.78 bits per heavy atom. The van der Waals surface area contributed by atoms with Gasteiger partial charge in [-0.3, -0.25) is 0 Å². The summed E-state index contributed by atoms with van der Waals surface area (Å²) in [6.07, 6.45) is 6.67. The summed E-state index contributed by atoms with van der Waals surface area (Å²) in [5, 5.41) is 12.3. The maximum Gasteiger partial charge on any atom is 0.407 e. The minimum atomic E-state index is -0.601. The third-order valence-corrected chi connectivity index (χ3v) is 9.23. The smallest absolute Gasteiger partial charge is 0.407 e. The molecular formula is C35H32F2IN5O3. The van der Waals surface area contributed by atoms with Crippen molar-refractivity contribution in [2.24, 2.45) is 0 Å². The van der Waals surface area contributed by atoms with Gasteiger partial charge < -0.3 is 24.8 Å². The minimum Gasteiger partial charge on any atom is -0.454 e. The first kappa shape index (κ1) is 31.5. The van der Waals surface area contributed by atoms with E-state index in [4.69, 9.17) is 14.7 Å². The number of alkyl carbamates (subject to hydrolysis) is 1. The number of hydrogen-bond donors (Lipinski definition) is 3. The zero-order valence-electron chi connectivity index (χ0n) is 25.1. The number of benzene rings is 3. The largest absolute Gasteiger partial charge is 0.454 e. The average molecular weight is 736 g/mol. The second-order valence-electron chi connectivity index (χ2n) is 11.7. The summed E-state index contributed by atoms with van der Waals surface area (Å²) < 4.78 is 43.4. The Hall–Kier alpha value is -4.44. The lowest BCUT2D eigenvalue weighted by atomic mass is 9.75. The Balaban J connectivity index is 1.32. The van der Waals surface area contributed by atoms with Crippen LogP contribution < -0.4 is 10.1 Å². The van der Waals surface area contributed by atoms with Crippen LogP contribution in [0.25, 0.3) is 22.3 Å². The van der Waals surface area contributed by atoms with Crippen molar-refractivity contribution in [2.75, 3.05) is 6.54 Å². The molecule has 3 aromatic carbocycles. The second kappa shape index (κ2) is 13.5. The SMILES string of the molecule is CC(CCCCCC#N)(c1cccc(I)c1)c1cnc(-c2cc(Oc3c(F)cc4[nH]ccc4c3CC3CNC(=O)O3)ccc2F)[nH]1. The molecule has 2 aromatic heterocycles. The topological polar surface area (TPSA) is 116 Å². The Morgan fingerprint density at radius 2 is 2.00 bits per heavy atom. The zero-order valence-corrected chi connectivity index (χ0v) is 27.3. The number of rotatable bonds is 12. The van der Waals surface area contributed by atoms with Gasteiger partial charge in [0.2, 0.25) is 0 Å². The second-order valence-corrected chi connectivity index (χ2v) is 12.9. The number of fused-ring (bicyclic) bond motifs is 1. The third-order valence-electron chi connectivity index (χ3n) is 8.56. The fourth-order valence-corrected chi connectivity index (χ4v) is 6.58. The third kappa shape index (κ3) is 6.58. The monoisotopic (exact) mass is 735 g/mol. The highest BCUT2D eigenvalue weighted by molar-refractivity contribution is 14.1. The van der Waals surface area contributed by atoms with Gasteiger partial charge in [-0.1, -0.05) is 25.0 Å². The lowest BCUT2D eigenvalue weighted by Gasteiger charge is -2.29. The number of aromatic nitrogens is 3. The van der Waals surface area contributed by atoms with Gasteiger partial charge in [0.25, 0.3) is 0 Å². The number of hydrogen-bond acceptors (Lipinski definition) is 5. The molecule has 236 valence electrons. The van der Waals surface area contributed by atoms with Gasteiger partial charge in [0.1, 0.15) is 23.5 Å². The lowest BCUT2D eigenvalue weighted by molar-refractivity contribution is 0.140. The van der Waals surface area contributed by atoms with Crippen molar-refractivity contribution in [3.63, 3.8) is 0 Å². The van der Waals surface area contributed by atoms with E-state index in [-0.39, 0.29) is 23.5 Å². The summed E-state index contributed by atoms with van der Waals surface area (Å²) in [4.78, 5) is 22.6. The van der Waals surface area contributed by atoms with Crippen LogP contribution in [0.5, 0.6) is 11.5 Å². The van der Waals surface area contributed by atoms with Crippen molar-refractivity contribution in [3.8, 4) is 29.0 Å². The van der Waals surface area contributed by atoms with Crippen LogP contribution in [-0.4, -0.2) is 33.7 Å². The standard InChI is InChI=1S/C35H32F2IN5O3/c1-35(12-4-2-3-5-13-39,21-7-6-8-22(38)15-21)31-20-41-33(43-31)27-16-23(9-10-28(27)36)45-32-26(17-24-19-42-34(44)46-24)25-11-14-40-30(25)18-29(32)37/h6-11,14-16,18,20,24,40H,2-5,12,17,19H2,1H3,(H,41,43)(H,42,44). The number of amides is 1. The van der Waals surface area contributed by atoms with Gasteiger partial charge in [0.15, 0.2) is 11.6 Å². The normalized spacial score (nSPS) is 15.7. The molecule has 6 rings (SSSR count). The molecule has 3 N–H and O–H groups in total. The molecule has 2 unspecified atom stereocenters. The molecule has 1 aliphatic rings. The Labute approximate surface area is 278 Å². The Morgan fingerprint density at radius 1 is 1.13 bits per heavy atom. The molecule has 1 saturated heterocycles. The van der Waals surface area contributed by atoms with Crippen LogP contribution in [0.1, 0.15) is 55.8 Å². The van der Waals surface area contributed by atoms with Crippen LogP contribution in [0.4, 0.5) is 13.6 Å². The van der Waals surface area contributed by atoms with Crippen molar-refractivity contribution < 1.29 is 23.0 Å². The van der Waals surface area contributed by atoms with Crippen molar-refractivity contribution in [3.05, 3.63) is 99.0 Å². The molecule has 3 heterocycles. The van der Waals surface area contributed by atoms with Gasteiger partial charge in [-0.15, -0.1) is 0 Å². The van der Waals surface area contributed by atoms with Crippen LogP contribution in [0.15, 0.2) is 67.0 Å². The number of carbonyl (C=O) groups excluding carboxylic acids is 1. The Kier molecular flexibility index (Phi) is 9.26. The number of cyclic esters (lactones) is 1. The fraction of sp³-hybridized carbons (Fsp3) is 0.286. The minimum absolute atomic E-state index is 0.0182. The summed E-state index contributed by atoms with van der Waals surface area (Å²) in [6, 6.07) is 17.9. The number of carbonyl (C=O) groups is 1. The maximum absolute atomic E-state index is 15.5. The number of nitrogens with one attached hydrogen (secondary N) is 3. The van der Waals surface area contributed by atoms with E-state index in [9.17, 15) is 4.79 Å². The van der Waals surface area contributed by atoms with E-state index in [1.54, 1.807) is 12.4 Å². The molecule has 0 radical (unpaired) electrons. The molecule has 2 atom stereocenters. The van der Waals surface area contributed by atoms with E-state index in [1.165, 1.54) is 24.3 Å². The van der Waals surface area contributed by atoms with Crippen LogP contribution in [0.3, 0.4) is 0 Å². The number of unbranched alkanes of at least 4 members (excludes halogenated alkanes) is 3. The molecule has 8 nitrogen and oxygen atoms in total. The average Bonchev–Trinajstić information content (AvgIpc) is 3.81. The summed E-state index contributed by atoms with van der Waals surface area (Å²) in [6.45, 7) is 2.44. The van der Waals surface area contributed by atoms with E-state index in [1.807, 2.05) is 18.2 Å². The highest BCUT2D eigenvalue weighted by Gasteiger charge is 2.32. The van der Waals surface area contributed by atoms with Crippen molar-refractivity contribution in [2.45, 2.75) is 57.0 Å². The molecule has 1 aliphatic heterocycles. The molecule has 11 heteroatoms. The molecule has 1 amide bonds. The van der Waals surface area contributed by atoms with Crippen LogP contribution >= 0.6 is 22.6 Å². The molecule has 1 fully saturated rings. The van der Waals surface area contributed by atoms with Crippen molar-refractivity contribution in [1.29, 1.82) is 5.26 Å². The first-order valence-corrected chi connectivity index (χ1v) is 16.2. The van der Waals surface area contributed by atoms with Crippen LogP contribution in [-0.2, 0) is 16.6 Å². The summed E-state index contributed by atoms with van der Waals surface area (Å²) >= 11 is 2.30. The molecule has 0 saturated carbocycles. The highest BCUT2D eigenvalue weighted by atomic mass is 127. The predicted octanol–water partition coefficient (Wildman–Crippen LogP) is 8.66. The number of nitriles is 1. The number of H-pyrrole nitrogens is 2. The summed E-state index contributed by atoms with van der Waals surface area (Å²) in [7, 11) is 0. The molecule has 0 aliphatic carbocycles. The van der Waals surface area contributed by atoms with Crippen molar-refractivity contribution >= 4 is 39.6 Å². The van der Waals surface area contributed by atoms with Crippen LogP contribution in [0.2, 0.25) is 0 Å². The van der Waals surface area contributed by atoms with E-state index < -0.39 is 29.2 Å². The number of halogens is 3. The number of imidazole rings is 1. The van der Waals surface area contributed by atoms with Gasteiger partial charge in [0.05, 0.1) is 18.2 Å². The predicted molar refractivity (Wildman–Crippen MR) is 179 cm³/mol. The summed E-state index contributed by atoms with van der Waals surface area (Å²) in [5.41, 5.74) is 2.81. The van der Waals surface area contributed by atoms with Crippen LogP contribution in [0, 0.1) is 26.5 Å². The van der Waals surface area contributed by atoms with E-state index in [0.29, 0.717) is 29.9 Å². The molecule has 0 spiro atoms. The fourth-order valence-electron chi connectivity index (χ4n) is 6.04.